The van der Waals surface area contributed by atoms with Crippen molar-refractivity contribution in [3.63, 3.8) is 0 Å². The average molecular weight is 584 g/mol. The van der Waals surface area contributed by atoms with E-state index in [4.69, 9.17) is 0 Å². The van der Waals surface area contributed by atoms with Gasteiger partial charge < -0.3 is 0 Å². The first-order valence-electron chi connectivity index (χ1n) is 15.4. The first-order chi connectivity index (χ1) is 20.3. The second kappa shape index (κ2) is 12.0. The highest BCUT2D eigenvalue weighted by molar-refractivity contribution is 7.36. The largest absolute Gasteiger partial charge is 0.254 e. The zero-order valence-corrected chi connectivity index (χ0v) is 28.5. The van der Waals surface area contributed by atoms with E-state index in [1.54, 1.807) is 12.1 Å². The molecule has 0 fully saturated rings. The van der Waals surface area contributed by atoms with Gasteiger partial charge >= 0.3 is 0 Å². The Morgan fingerprint density at radius 3 is 0.884 bits per heavy atom. The van der Waals surface area contributed by atoms with E-state index in [2.05, 4.69) is 125 Å². The van der Waals surface area contributed by atoms with Crippen molar-refractivity contribution >= 4 is 56.2 Å². The van der Waals surface area contributed by atoms with E-state index in [9.17, 15) is 4.39 Å². The van der Waals surface area contributed by atoms with Crippen molar-refractivity contribution in [2.75, 3.05) is 0 Å². The number of thiophene rings is 1. The van der Waals surface area contributed by atoms with Crippen LogP contribution in [0, 0.1) is 82.0 Å². The molecule has 0 bridgehead atoms. The fourth-order valence-corrected chi connectivity index (χ4v) is 9.10. The van der Waals surface area contributed by atoms with Crippen LogP contribution in [0.25, 0.3) is 0 Å². The van der Waals surface area contributed by atoms with Crippen LogP contribution in [0.3, 0.4) is 0 Å². The molecule has 0 radical (unpaired) electrons. The van der Waals surface area contributed by atoms with Crippen LogP contribution in [0.1, 0.15) is 61.2 Å². The van der Waals surface area contributed by atoms with Crippen molar-refractivity contribution in [1.29, 1.82) is 0 Å². The van der Waals surface area contributed by atoms with E-state index in [-0.39, 0.29) is 19.2 Å². The Morgan fingerprint density at radius 2 is 0.628 bits per heavy atom. The molecular weight excluding hydrogens is 541 g/mol. The lowest BCUT2D eigenvalue weighted by atomic mass is 9.36. The maximum Gasteiger partial charge on any atom is 0.254 e. The molecule has 0 aliphatic rings. The second-order valence-corrected chi connectivity index (χ2v) is 14.1. The van der Waals surface area contributed by atoms with Crippen molar-refractivity contribution in [3.05, 3.63) is 128 Å². The highest BCUT2D eigenvalue weighted by atomic mass is 32.1. The monoisotopic (exact) mass is 584 g/mol. The Labute approximate surface area is 263 Å². The predicted octanol–water partition coefficient (Wildman–Crippen LogP) is 6.31. The van der Waals surface area contributed by atoms with Gasteiger partial charge in [-0.1, -0.05) is 132 Å². The number of hydrogen-bond acceptors (Lipinski definition) is 1. The molecular formula is C39H43B2FS. The molecule has 4 heteroatoms. The van der Waals surface area contributed by atoms with Crippen molar-refractivity contribution in [3.8, 4) is 0 Å². The molecule has 43 heavy (non-hydrogen) atoms. The summed E-state index contributed by atoms with van der Waals surface area (Å²) in [6, 6.07) is 22.0. The van der Waals surface area contributed by atoms with Gasteiger partial charge in [0, 0.05) is 0 Å². The summed E-state index contributed by atoms with van der Waals surface area (Å²) in [4.78, 5) is 0. The van der Waals surface area contributed by atoms with Crippen LogP contribution in [0.5, 0.6) is 0 Å². The Morgan fingerprint density at radius 1 is 0.395 bits per heavy atom. The van der Waals surface area contributed by atoms with Crippen LogP contribution < -0.4 is 31.4 Å². The van der Waals surface area contributed by atoms with Gasteiger partial charge in [0.05, 0.1) is 0 Å². The maximum absolute atomic E-state index is 14.6. The van der Waals surface area contributed by atoms with Crippen molar-refractivity contribution < 1.29 is 4.39 Å². The highest BCUT2D eigenvalue weighted by Gasteiger charge is 2.34. The summed E-state index contributed by atoms with van der Waals surface area (Å²) in [6.45, 7) is 24.4. The Hall–Kier alpha value is -3.36. The van der Waals surface area contributed by atoms with Gasteiger partial charge in [-0.25, -0.2) is 4.39 Å². The highest BCUT2D eigenvalue weighted by Crippen LogP contribution is 2.17. The molecule has 4 aromatic carbocycles. The minimum absolute atomic E-state index is 0.0287. The normalized spacial score (nSPS) is 11.3. The van der Waals surface area contributed by atoms with Crippen molar-refractivity contribution in [2.45, 2.75) is 76.2 Å². The van der Waals surface area contributed by atoms with Crippen LogP contribution in [-0.2, 0) is 0 Å². The van der Waals surface area contributed by atoms with Crippen LogP contribution in [-0.4, -0.2) is 13.4 Å². The van der Waals surface area contributed by atoms with Crippen molar-refractivity contribution in [1.82, 2.24) is 0 Å². The zero-order valence-electron chi connectivity index (χ0n) is 27.7. The molecule has 0 N–H and O–H groups in total. The summed E-state index contributed by atoms with van der Waals surface area (Å²) in [7, 11) is 0. The van der Waals surface area contributed by atoms with Gasteiger partial charge in [0.1, 0.15) is 5.82 Å². The number of rotatable bonds is 6. The summed E-state index contributed by atoms with van der Waals surface area (Å²) in [5.74, 6) is -0.169. The quantitative estimate of drug-likeness (QED) is 0.205. The molecule has 1 heterocycles. The van der Waals surface area contributed by atoms with E-state index >= 15 is 0 Å². The lowest BCUT2D eigenvalue weighted by molar-refractivity contribution is 0.626. The molecule has 5 aromatic rings. The fraction of sp³-hybridized carbons (Fsp3) is 0.282. The average Bonchev–Trinajstić information content (AvgIpc) is 3.34. The molecule has 5 rings (SSSR count). The molecule has 0 nitrogen and oxygen atoms in total. The van der Waals surface area contributed by atoms with E-state index in [1.165, 1.54) is 81.5 Å². The lowest BCUT2D eigenvalue weighted by Gasteiger charge is -2.24. The van der Waals surface area contributed by atoms with Crippen molar-refractivity contribution in [2.24, 2.45) is 0 Å². The summed E-state index contributed by atoms with van der Waals surface area (Å²) in [5, 5.41) is 0. The third-order valence-electron chi connectivity index (χ3n) is 9.14. The molecule has 218 valence electrons. The van der Waals surface area contributed by atoms with Gasteiger partial charge in [-0.2, -0.15) is 11.3 Å². The number of aryl methyl sites for hydroxylation is 11. The van der Waals surface area contributed by atoms with Gasteiger partial charge in [0.25, 0.3) is 13.4 Å². The third-order valence-corrected chi connectivity index (χ3v) is 10.4. The first-order valence-corrected chi connectivity index (χ1v) is 16.2. The molecule has 0 spiro atoms. The van der Waals surface area contributed by atoms with Crippen LogP contribution >= 0.6 is 11.3 Å². The standard InChI is InChI=1S/C39H43B2FS/c1-22-14-25(4)36(26(5)15-22)40(37-27(6)16-23(2)17-28(37)7)34-12-13-35(43-34)41(38-29(8)18-24(3)19-30(38)9)39-31(10)20-33(42)21-32(39)11/h12-21H,1-11H3. The summed E-state index contributed by atoms with van der Waals surface area (Å²) < 4.78 is 17.2. The van der Waals surface area contributed by atoms with Gasteiger partial charge in [-0.05, 0) is 97.8 Å². The van der Waals surface area contributed by atoms with E-state index in [1.807, 2.05) is 11.3 Å². The molecule has 0 aliphatic heterocycles. The van der Waals surface area contributed by atoms with Crippen LogP contribution in [0.15, 0.2) is 60.7 Å². The van der Waals surface area contributed by atoms with Gasteiger partial charge in [-0.15, -0.1) is 0 Å². The van der Waals surface area contributed by atoms with Crippen LogP contribution in [0.2, 0.25) is 0 Å². The van der Waals surface area contributed by atoms with Crippen LogP contribution in [0.4, 0.5) is 4.39 Å². The Balaban J connectivity index is 1.81. The fourth-order valence-electron chi connectivity index (χ4n) is 7.85. The number of benzene rings is 4. The third kappa shape index (κ3) is 5.92. The topological polar surface area (TPSA) is 0 Å². The van der Waals surface area contributed by atoms with Gasteiger partial charge in [0.2, 0.25) is 0 Å². The molecule has 0 aliphatic carbocycles. The summed E-state index contributed by atoms with van der Waals surface area (Å²) in [6.07, 6.45) is 0. The molecule has 0 unspecified atom stereocenters. The van der Waals surface area contributed by atoms with E-state index in [0.717, 1.165) is 11.1 Å². The number of hydrogen-bond donors (Lipinski definition) is 0. The second-order valence-electron chi connectivity index (χ2n) is 13.0. The first kappa shape index (κ1) is 31.1. The molecule has 0 amide bonds. The minimum atomic E-state index is -0.169. The molecule has 0 saturated heterocycles. The van der Waals surface area contributed by atoms with E-state index < -0.39 is 0 Å². The summed E-state index contributed by atoms with van der Waals surface area (Å²) in [5.41, 5.74) is 19.2. The minimum Gasteiger partial charge on any atom is -0.207 e. The van der Waals surface area contributed by atoms with Gasteiger partial charge in [-0.3, -0.25) is 0 Å². The SMILES string of the molecule is Cc1cc(C)c(B(c2ccc(B(c3c(C)cc(C)cc3C)c3c(C)cc(F)cc3C)s2)c2c(C)cc(C)cc2C)c(C)c1. The maximum atomic E-state index is 14.6. The molecule has 0 atom stereocenters. The Bertz CT molecular complexity index is 1520. The number of halogens is 1. The zero-order chi connectivity index (χ0) is 31.3. The lowest BCUT2D eigenvalue weighted by Crippen LogP contribution is -2.56. The smallest absolute Gasteiger partial charge is 0.207 e. The Kier molecular flexibility index (Phi) is 8.65. The molecule has 1 aromatic heterocycles. The van der Waals surface area contributed by atoms with E-state index in [0.29, 0.717) is 0 Å². The van der Waals surface area contributed by atoms with Gasteiger partial charge in [0.15, 0.2) is 0 Å². The predicted molar refractivity (Wildman–Crippen MR) is 191 cm³/mol. The molecule has 0 saturated carbocycles. The summed E-state index contributed by atoms with van der Waals surface area (Å²) >= 11 is 1.92.